The molecule has 0 aromatic carbocycles. The van der Waals surface area contributed by atoms with E-state index < -0.39 is 0 Å². The summed E-state index contributed by atoms with van der Waals surface area (Å²) in [7, 11) is 0. The van der Waals surface area contributed by atoms with Crippen molar-refractivity contribution in [3.8, 4) is 0 Å². The first kappa shape index (κ1) is 10.5. The van der Waals surface area contributed by atoms with Crippen molar-refractivity contribution < 1.29 is 4.74 Å². The predicted octanol–water partition coefficient (Wildman–Crippen LogP) is 3.63. The maximum atomic E-state index is 5.79. The average Bonchev–Trinajstić information content (AvgIpc) is 2.63. The summed E-state index contributed by atoms with van der Waals surface area (Å²) in [4.78, 5) is 0. The monoisotopic (exact) mass is 196 g/mol. The summed E-state index contributed by atoms with van der Waals surface area (Å²) < 4.78 is 5.79. The van der Waals surface area contributed by atoms with E-state index in [-0.39, 0.29) is 0 Å². The Morgan fingerprint density at radius 3 is 2.14 bits per heavy atom. The number of rotatable bonds is 3. The Labute approximate surface area is 88.2 Å². The Hall–Kier alpha value is -0.0400. The maximum Gasteiger partial charge on any atom is 0.0585 e. The Bertz CT molecular complexity index is 207. The normalized spacial score (nSPS) is 48.4. The molecule has 4 atom stereocenters. The van der Waals surface area contributed by atoms with Crippen LogP contribution in [0.2, 0.25) is 0 Å². The first-order valence-electron chi connectivity index (χ1n) is 6.18. The second kappa shape index (κ2) is 3.23. The van der Waals surface area contributed by atoms with E-state index in [2.05, 4.69) is 27.7 Å². The second-order valence-electron chi connectivity index (χ2n) is 5.68. The van der Waals surface area contributed by atoms with Gasteiger partial charge in [0.05, 0.1) is 6.10 Å². The molecule has 1 nitrogen and oxygen atoms in total. The van der Waals surface area contributed by atoms with Crippen molar-refractivity contribution in [2.45, 2.75) is 59.5 Å². The van der Waals surface area contributed by atoms with Gasteiger partial charge in [-0.25, -0.2) is 0 Å². The largest absolute Gasteiger partial charge is 0.378 e. The van der Waals surface area contributed by atoms with Crippen LogP contribution >= 0.6 is 0 Å². The van der Waals surface area contributed by atoms with Crippen LogP contribution in [0.1, 0.15) is 53.4 Å². The van der Waals surface area contributed by atoms with Gasteiger partial charge in [0.25, 0.3) is 0 Å². The van der Waals surface area contributed by atoms with Gasteiger partial charge in [0, 0.05) is 6.61 Å². The predicted molar refractivity (Wildman–Crippen MR) is 59.3 cm³/mol. The molecule has 2 rings (SSSR count). The van der Waals surface area contributed by atoms with Crippen molar-refractivity contribution >= 4 is 0 Å². The highest BCUT2D eigenvalue weighted by molar-refractivity contribution is 5.20. The zero-order valence-corrected chi connectivity index (χ0v) is 10.1. The summed E-state index contributed by atoms with van der Waals surface area (Å²) in [5, 5.41) is 0. The standard InChI is InChI=1S/C13H24O/c1-5-14-10(2)11-12(3)8-6-7-9-13(11,12)4/h10-11H,5-9H2,1-4H3/t10-,11?,12-,13+/m1/s1. The molecule has 0 aliphatic heterocycles. The second-order valence-corrected chi connectivity index (χ2v) is 5.68. The van der Waals surface area contributed by atoms with Crippen molar-refractivity contribution in [2.75, 3.05) is 6.61 Å². The number of fused-ring (bicyclic) bond motifs is 1. The van der Waals surface area contributed by atoms with Crippen molar-refractivity contribution in [3.63, 3.8) is 0 Å². The molecule has 0 radical (unpaired) electrons. The van der Waals surface area contributed by atoms with Gasteiger partial charge in [-0.1, -0.05) is 26.7 Å². The van der Waals surface area contributed by atoms with Crippen LogP contribution in [-0.4, -0.2) is 12.7 Å². The molecule has 14 heavy (non-hydrogen) atoms. The van der Waals surface area contributed by atoms with Gasteiger partial charge in [-0.15, -0.1) is 0 Å². The molecule has 0 heterocycles. The molecule has 2 saturated carbocycles. The Morgan fingerprint density at radius 1 is 1.21 bits per heavy atom. The molecule has 1 unspecified atom stereocenters. The fourth-order valence-corrected chi connectivity index (χ4v) is 4.26. The molecule has 0 amide bonds. The van der Waals surface area contributed by atoms with E-state index in [0.717, 1.165) is 12.5 Å². The van der Waals surface area contributed by atoms with Crippen molar-refractivity contribution in [1.29, 1.82) is 0 Å². The van der Waals surface area contributed by atoms with Crippen molar-refractivity contribution in [2.24, 2.45) is 16.7 Å². The summed E-state index contributed by atoms with van der Waals surface area (Å²) >= 11 is 0. The molecule has 0 aromatic heterocycles. The smallest absolute Gasteiger partial charge is 0.0585 e. The minimum absolute atomic E-state index is 0.466. The van der Waals surface area contributed by atoms with E-state index in [4.69, 9.17) is 4.74 Å². The lowest BCUT2D eigenvalue weighted by molar-refractivity contribution is 0.0461. The van der Waals surface area contributed by atoms with Crippen LogP contribution < -0.4 is 0 Å². The number of ether oxygens (including phenoxy) is 1. The van der Waals surface area contributed by atoms with Gasteiger partial charge in [0.15, 0.2) is 0 Å². The summed E-state index contributed by atoms with van der Waals surface area (Å²) in [5.74, 6) is 0.817. The molecule has 0 saturated heterocycles. The van der Waals surface area contributed by atoms with Crippen LogP contribution in [0.4, 0.5) is 0 Å². The van der Waals surface area contributed by atoms with Gasteiger partial charge >= 0.3 is 0 Å². The van der Waals surface area contributed by atoms with Gasteiger partial charge in [-0.3, -0.25) is 0 Å². The highest BCUT2D eigenvalue weighted by Crippen LogP contribution is 2.76. The molecule has 2 aliphatic carbocycles. The molecule has 82 valence electrons. The fraction of sp³-hybridized carbons (Fsp3) is 1.00. The van der Waals surface area contributed by atoms with Crippen LogP contribution in [0.3, 0.4) is 0 Å². The van der Waals surface area contributed by atoms with Gasteiger partial charge in [-0.05, 0) is 43.4 Å². The zero-order valence-electron chi connectivity index (χ0n) is 10.1. The Morgan fingerprint density at radius 2 is 1.71 bits per heavy atom. The van der Waals surface area contributed by atoms with E-state index in [1.54, 1.807) is 0 Å². The van der Waals surface area contributed by atoms with E-state index in [1.165, 1.54) is 25.7 Å². The first-order valence-corrected chi connectivity index (χ1v) is 6.18. The van der Waals surface area contributed by atoms with Gasteiger partial charge in [-0.2, -0.15) is 0 Å². The van der Waals surface area contributed by atoms with Crippen LogP contribution in [0.25, 0.3) is 0 Å². The van der Waals surface area contributed by atoms with Crippen molar-refractivity contribution in [3.05, 3.63) is 0 Å². The third kappa shape index (κ3) is 1.18. The molecule has 0 spiro atoms. The first-order chi connectivity index (χ1) is 6.56. The topological polar surface area (TPSA) is 9.23 Å². The van der Waals surface area contributed by atoms with Crippen LogP contribution in [0, 0.1) is 16.7 Å². The van der Waals surface area contributed by atoms with Crippen molar-refractivity contribution in [1.82, 2.24) is 0 Å². The minimum Gasteiger partial charge on any atom is -0.378 e. The molecular formula is C13H24O. The minimum atomic E-state index is 0.466. The van der Waals surface area contributed by atoms with Gasteiger partial charge in [0.2, 0.25) is 0 Å². The molecule has 2 fully saturated rings. The van der Waals surface area contributed by atoms with E-state index in [9.17, 15) is 0 Å². The fourth-order valence-electron chi connectivity index (χ4n) is 4.26. The quantitative estimate of drug-likeness (QED) is 0.670. The summed E-state index contributed by atoms with van der Waals surface area (Å²) in [6.45, 7) is 10.2. The zero-order chi connectivity index (χ0) is 10.4. The average molecular weight is 196 g/mol. The SMILES string of the molecule is CCO[C@H](C)C1[C@]2(C)CCCC[C@]12C. The number of hydrogen-bond donors (Lipinski definition) is 0. The third-order valence-corrected chi connectivity index (χ3v) is 5.14. The third-order valence-electron chi connectivity index (χ3n) is 5.14. The summed E-state index contributed by atoms with van der Waals surface area (Å²) in [6.07, 6.45) is 6.17. The molecule has 2 aliphatic rings. The van der Waals surface area contributed by atoms with Crippen LogP contribution in [0.15, 0.2) is 0 Å². The number of hydrogen-bond acceptors (Lipinski definition) is 1. The van der Waals surface area contributed by atoms with Gasteiger partial charge < -0.3 is 4.74 Å². The Balaban J connectivity index is 2.08. The molecular weight excluding hydrogens is 172 g/mol. The highest BCUT2D eigenvalue weighted by atomic mass is 16.5. The van der Waals surface area contributed by atoms with E-state index in [0.29, 0.717) is 16.9 Å². The van der Waals surface area contributed by atoms with Gasteiger partial charge in [0.1, 0.15) is 0 Å². The lowest BCUT2D eigenvalue weighted by Crippen LogP contribution is -2.15. The highest BCUT2D eigenvalue weighted by Gasteiger charge is 2.72. The summed E-state index contributed by atoms with van der Waals surface area (Å²) in [5.41, 5.74) is 1.19. The lowest BCUT2D eigenvalue weighted by Gasteiger charge is -2.23. The van der Waals surface area contributed by atoms with Crippen LogP contribution in [0.5, 0.6) is 0 Å². The lowest BCUT2D eigenvalue weighted by atomic mass is 9.82. The molecule has 0 N–H and O–H groups in total. The summed E-state index contributed by atoms with van der Waals surface area (Å²) in [6, 6.07) is 0. The van der Waals surface area contributed by atoms with Crippen LogP contribution in [-0.2, 0) is 4.74 Å². The maximum absolute atomic E-state index is 5.79. The Kier molecular flexibility index (Phi) is 2.42. The molecule has 1 heteroatoms. The molecule has 0 aromatic rings. The van der Waals surface area contributed by atoms with E-state index >= 15 is 0 Å². The molecule has 0 bridgehead atoms. The van der Waals surface area contributed by atoms with E-state index in [1.807, 2.05) is 0 Å².